The van der Waals surface area contributed by atoms with Crippen molar-refractivity contribution in [1.82, 2.24) is 0 Å². The number of carbonyl (C=O) groups excluding carboxylic acids is 1. The molecule has 0 saturated carbocycles. The quantitative estimate of drug-likeness (QED) is 0.367. The fourth-order valence-electron chi connectivity index (χ4n) is 3.49. The molecule has 2 nitrogen and oxygen atoms in total. The van der Waals surface area contributed by atoms with Crippen molar-refractivity contribution in [3.8, 4) is 0 Å². The first kappa shape index (κ1) is 26.3. The summed E-state index contributed by atoms with van der Waals surface area (Å²) in [6.45, 7) is 10.6. The molecule has 5 heteroatoms. The Morgan fingerprint density at radius 3 is 2.30 bits per heavy atom. The first-order valence-electron chi connectivity index (χ1n) is 10.0. The second-order valence-corrected chi connectivity index (χ2v) is 7.89. The Bertz CT molecular complexity index is 577. The number of hydrogen-bond acceptors (Lipinski definition) is 1. The van der Waals surface area contributed by atoms with Crippen LogP contribution in [0, 0.1) is 23.0 Å². The molecule has 0 fully saturated rings. The van der Waals surface area contributed by atoms with Crippen LogP contribution in [0.3, 0.4) is 0 Å². The van der Waals surface area contributed by atoms with Crippen LogP contribution < -0.4 is 4.90 Å². The summed E-state index contributed by atoms with van der Waals surface area (Å²) in [5.41, 5.74) is -0.383. The van der Waals surface area contributed by atoms with Crippen LogP contribution in [0.25, 0.3) is 0 Å². The first-order chi connectivity index (χ1) is 12.3. The summed E-state index contributed by atoms with van der Waals surface area (Å²) in [6.07, 6.45) is 6.94. The molecule has 0 aliphatic heterocycles. The van der Waals surface area contributed by atoms with E-state index in [-0.39, 0.29) is 33.3 Å². The molecule has 152 valence electrons. The molecule has 0 aromatic heterocycles. The van der Waals surface area contributed by atoms with E-state index in [1.807, 2.05) is 20.8 Å². The number of amides is 1. The molecule has 1 unspecified atom stereocenters. The van der Waals surface area contributed by atoms with Crippen molar-refractivity contribution in [3.05, 3.63) is 29.8 Å². The molecule has 0 saturated heterocycles. The molecular weight excluding hydrogens is 380 g/mol. The van der Waals surface area contributed by atoms with Gasteiger partial charge in [-0.15, -0.1) is 0 Å². The van der Waals surface area contributed by atoms with Crippen molar-refractivity contribution < 1.29 is 35.3 Å². The van der Waals surface area contributed by atoms with Crippen LogP contribution in [0.1, 0.15) is 79.6 Å². The first-order valence-corrected chi connectivity index (χ1v) is 10.0. The van der Waals surface area contributed by atoms with Gasteiger partial charge in [0.25, 0.3) is 0 Å². The average molecular weight is 415 g/mol. The van der Waals surface area contributed by atoms with Crippen molar-refractivity contribution in [2.75, 3.05) is 11.4 Å². The molecule has 1 aromatic rings. The van der Waals surface area contributed by atoms with Crippen LogP contribution >= 0.6 is 0 Å². The van der Waals surface area contributed by atoms with Crippen molar-refractivity contribution >= 4 is 11.6 Å². The van der Waals surface area contributed by atoms with Crippen LogP contribution in [0.15, 0.2) is 18.2 Å². The van der Waals surface area contributed by atoms with E-state index < -0.39 is 17.0 Å². The van der Waals surface area contributed by atoms with E-state index in [0.29, 0.717) is 12.5 Å². The zero-order chi connectivity index (χ0) is 19.7. The number of unbranched alkanes of at least 4 members (excludes halogenated alkanes) is 1. The minimum atomic E-state index is -0.674. The molecule has 1 atom stereocenters. The third-order valence-electron chi connectivity index (χ3n) is 5.20. The Kier molecular flexibility index (Phi) is 12.3. The molecule has 1 aromatic carbocycles. The van der Waals surface area contributed by atoms with Crippen molar-refractivity contribution in [1.29, 1.82) is 0 Å². The average Bonchev–Trinajstić information content (AvgIpc) is 2.58. The third kappa shape index (κ3) is 8.03. The maximum absolute atomic E-state index is 14.4. The number of anilines is 1. The molecule has 0 aliphatic carbocycles. The van der Waals surface area contributed by atoms with E-state index >= 15 is 0 Å². The maximum atomic E-state index is 14.4. The number of halogens is 2. The van der Waals surface area contributed by atoms with Gasteiger partial charge in [0.05, 0.1) is 5.69 Å². The van der Waals surface area contributed by atoms with E-state index in [2.05, 4.69) is 13.8 Å². The van der Waals surface area contributed by atoms with Crippen molar-refractivity contribution in [2.45, 2.75) is 79.6 Å². The summed E-state index contributed by atoms with van der Waals surface area (Å²) >= 11 is 0. The number of hydrogen-bond donors (Lipinski definition) is 0. The molecule has 27 heavy (non-hydrogen) atoms. The van der Waals surface area contributed by atoms with Gasteiger partial charge in [0, 0.05) is 39.7 Å². The topological polar surface area (TPSA) is 20.3 Å². The molecule has 1 rings (SSSR count). The van der Waals surface area contributed by atoms with Crippen LogP contribution in [0.4, 0.5) is 14.5 Å². The summed E-state index contributed by atoms with van der Waals surface area (Å²) in [4.78, 5) is 14.7. The zero-order valence-electron chi connectivity index (χ0n) is 17.6. The number of rotatable bonds is 11. The number of nitrogens with zero attached hydrogens (tertiary/aromatic N) is 1. The fraction of sp³-hybridized carbons (Fsp3) is 0.682. The van der Waals surface area contributed by atoms with Gasteiger partial charge in [-0.3, -0.25) is 4.79 Å². The number of carbonyl (C=O) groups is 1. The monoisotopic (exact) mass is 415 g/mol. The molecule has 0 aliphatic rings. The summed E-state index contributed by atoms with van der Waals surface area (Å²) in [7, 11) is 0. The molecule has 0 bridgehead atoms. The van der Waals surface area contributed by atoms with Crippen molar-refractivity contribution in [3.63, 3.8) is 0 Å². The van der Waals surface area contributed by atoms with E-state index in [9.17, 15) is 13.6 Å². The standard InChI is InChI=1S/C22H35F2NO.Ti/c1-6-9-10-17(8-3)13-15-25(21(26)22(4,5)14-7-2)20-12-11-18(23)16-19(20)24;/h11-12,16-17H,6-10,13-15H2,1-5H3;. The predicted octanol–water partition coefficient (Wildman–Crippen LogP) is 6.73. The minimum absolute atomic E-state index is 0. The van der Waals surface area contributed by atoms with Gasteiger partial charge in [0.1, 0.15) is 11.6 Å². The molecule has 0 radical (unpaired) electrons. The van der Waals surface area contributed by atoms with E-state index in [4.69, 9.17) is 0 Å². The Morgan fingerprint density at radius 2 is 1.78 bits per heavy atom. The van der Waals surface area contributed by atoms with Gasteiger partial charge in [-0.25, -0.2) is 8.78 Å². The zero-order valence-corrected chi connectivity index (χ0v) is 19.1. The molecule has 0 heterocycles. The van der Waals surface area contributed by atoms with Crippen LogP contribution in [0.5, 0.6) is 0 Å². The van der Waals surface area contributed by atoms with Gasteiger partial charge in [0.15, 0.2) is 0 Å². The third-order valence-corrected chi connectivity index (χ3v) is 5.20. The van der Waals surface area contributed by atoms with Gasteiger partial charge in [-0.05, 0) is 30.9 Å². The van der Waals surface area contributed by atoms with Crippen molar-refractivity contribution in [2.24, 2.45) is 11.3 Å². The van der Waals surface area contributed by atoms with E-state index in [1.165, 1.54) is 18.6 Å². The normalized spacial score (nSPS) is 12.4. The second kappa shape index (κ2) is 12.7. The van der Waals surface area contributed by atoms with Crippen LogP contribution in [-0.4, -0.2) is 12.5 Å². The minimum Gasteiger partial charge on any atom is -0.309 e. The van der Waals surface area contributed by atoms with Crippen LogP contribution in [0.2, 0.25) is 0 Å². The molecule has 0 N–H and O–H groups in total. The fourth-order valence-corrected chi connectivity index (χ4v) is 3.49. The molecular formula is C22H35F2NOTi. The summed E-state index contributed by atoms with van der Waals surface area (Å²) < 4.78 is 27.7. The predicted molar refractivity (Wildman–Crippen MR) is 105 cm³/mol. The second-order valence-electron chi connectivity index (χ2n) is 7.89. The largest absolute Gasteiger partial charge is 0.309 e. The van der Waals surface area contributed by atoms with Gasteiger partial charge in [0.2, 0.25) is 5.91 Å². The summed E-state index contributed by atoms with van der Waals surface area (Å²) in [5.74, 6) is -0.869. The van der Waals surface area contributed by atoms with Gasteiger partial charge in [-0.2, -0.15) is 0 Å². The molecule has 0 spiro atoms. The van der Waals surface area contributed by atoms with Gasteiger partial charge in [-0.1, -0.05) is 66.7 Å². The van der Waals surface area contributed by atoms with Gasteiger partial charge < -0.3 is 4.90 Å². The Morgan fingerprint density at radius 1 is 1.11 bits per heavy atom. The summed E-state index contributed by atoms with van der Waals surface area (Å²) in [6, 6.07) is 3.47. The van der Waals surface area contributed by atoms with Gasteiger partial charge >= 0.3 is 0 Å². The Balaban J connectivity index is 0.00000676. The maximum Gasteiger partial charge on any atom is 0.232 e. The number of benzene rings is 1. The summed E-state index contributed by atoms with van der Waals surface area (Å²) in [5, 5.41) is 0. The Labute approximate surface area is 179 Å². The smallest absolute Gasteiger partial charge is 0.232 e. The van der Waals surface area contributed by atoms with E-state index in [1.54, 1.807) is 4.90 Å². The molecule has 1 amide bonds. The van der Waals surface area contributed by atoms with E-state index in [0.717, 1.165) is 44.6 Å². The Hall–Kier alpha value is -0.736. The van der Waals surface area contributed by atoms with Crippen LogP contribution in [-0.2, 0) is 26.5 Å². The SMILES string of the molecule is CCCCC(CC)CCN(C(=O)C(C)(C)CCC)c1ccc(F)cc1F.[Ti].